The van der Waals surface area contributed by atoms with Gasteiger partial charge in [0.1, 0.15) is 5.75 Å². The van der Waals surface area contributed by atoms with Gasteiger partial charge in [0.15, 0.2) is 0 Å². The van der Waals surface area contributed by atoms with Gasteiger partial charge in [0, 0.05) is 36.9 Å². The van der Waals surface area contributed by atoms with E-state index in [4.69, 9.17) is 15.4 Å². The quantitative estimate of drug-likeness (QED) is 0.843. The van der Waals surface area contributed by atoms with Crippen molar-refractivity contribution in [2.24, 2.45) is 0 Å². The summed E-state index contributed by atoms with van der Waals surface area (Å²) in [5, 5.41) is 3.24. The van der Waals surface area contributed by atoms with E-state index in [-0.39, 0.29) is 4.90 Å². The number of methoxy groups -OCH3 is 1. The highest BCUT2D eigenvalue weighted by molar-refractivity contribution is 8.13. The van der Waals surface area contributed by atoms with E-state index >= 15 is 0 Å². The van der Waals surface area contributed by atoms with Gasteiger partial charge >= 0.3 is 0 Å². The van der Waals surface area contributed by atoms with E-state index in [1.54, 1.807) is 19.2 Å². The Morgan fingerprint density at radius 3 is 2.56 bits per heavy atom. The van der Waals surface area contributed by atoms with Gasteiger partial charge in [0.05, 0.1) is 17.7 Å². The van der Waals surface area contributed by atoms with Crippen molar-refractivity contribution >= 4 is 25.4 Å². The van der Waals surface area contributed by atoms with Crippen LogP contribution in [-0.2, 0) is 9.05 Å². The summed E-state index contributed by atoms with van der Waals surface area (Å²) in [5.74, 6) is 0.654. The monoisotopic (exact) mass is 290 g/mol. The molecule has 1 aromatic carbocycles. The number of hydrogen-bond donors (Lipinski definition) is 1. The first kappa shape index (κ1) is 13.5. The molecule has 7 heteroatoms. The van der Waals surface area contributed by atoms with Gasteiger partial charge in [-0.1, -0.05) is 0 Å². The predicted molar refractivity (Wildman–Crippen MR) is 71.1 cm³/mol. The molecule has 0 aliphatic carbocycles. The molecule has 0 aromatic heterocycles. The molecule has 1 aliphatic heterocycles. The first-order chi connectivity index (χ1) is 8.52. The Morgan fingerprint density at radius 1 is 1.33 bits per heavy atom. The molecular weight excluding hydrogens is 276 g/mol. The van der Waals surface area contributed by atoms with Crippen molar-refractivity contribution in [3.63, 3.8) is 0 Å². The molecule has 1 fully saturated rings. The molecule has 0 spiro atoms. The number of piperazine rings is 1. The lowest BCUT2D eigenvalue weighted by atomic mass is 10.2. The Morgan fingerprint density at radius 2 is 2.00 bits per heavy atom. The van der Waals surface area contributed by atoms with E-state index < -0.39 is 9.05 Å². The third kappa shape index (κ3) is 2.88. The zero-order chi connectivity index (χ0) is 13.2. The van der Waals surface area contributed by atoms with Crippen molar-refractivity contribution in [2.45, 2.75) is 4.90 Å². The molecule has 1 aliphatic rings. The molecule has 0 amide bonds. The normalized spacial score (nSPS) is 16.7. The molecular formula is C11H15ClN2O3S. The smallest absolute Gasteiger partial charge is 0.261 e. The molecule has 1 heterocycles. The molecule has 100 valence electrons. The van der Waals surface area contributed by atoms with E-state index in [0.717, 1.165) is 31.9 Å². The minimum atomic E-state index is -3.71. The van der Waals surface area contributed by atoms with Crippen LogP contribution in [0.5, 0.6) is 5.75 Å². The fourth-order valence-corrected chi connectivity index (χ4v) is 2.75. The van der Waals surface area contributed by atoms with Crippen molar-refractivity contribution in [2.75, 3.05) is 38.2 Å². The molecule has 1 saturated heterocycles. The first-order valence-corrected chi connectivity index (χ1v) is 7.91. The maximum absolute atomic E-state index is 11.4. The van der Waals surface area contributed by atoms with Crippen LogP contribution < -0.4 is 15.0 Å². The number of nitrogens with zero attached hydrogens (tertiary/aromatic N) is 1. The second-order valence-corrected chi connectivity index (χ2v) is 6.57. The average Bonchev–Trinajstić information content (AvgIpc) is 2.38. The van der Waals surface area contributed by atoms with Gasteiger partial charge in [-0.25, -0.2) is 8.42 Å². The molecule has 2 rings (SSSR count). The van der Waals surface area contributed by atoms with Crippen LogP contribution in [0.3, 0.4) is 0 Å². The van der Waals surface area contributed by atoms with E-state index in [1.807, 2.05) is 0 Å². The SMILES string of the molecule is COc1ccc(S(=O)(=O)Cl)cc1N1CCNCC1. The van der Waals surface area contributed by atoms with Crippen molar-refractivity contribution in [1.82, 2.24) is 5.32 Å². The van der Waals surface area contributed by atoms with Crippen molar-refractivity contribution in [1.29, 1.82) is 0 Å². The van der Waals surface area contributed by atoms with Crippen LogP contribution in [0.1, 0.15) is 0 Å². The van der Waals surface area contributed by atoms with E-state index in [0.29, 0.717) is 5.75 Å². The van der Waals surface area contributed by atoms with Crippen LogP contribution in [0.25, 0.3) is 0 Å². The second-order valence-electron chi connectivity index (χ2n) is 4.01. The number of benzene rings is 1. The highest BCUT2D eigenvalue weighted by atomic mass is 35.7. The maximum atomic E-state index is 11.4. The number of ether oxygens (including phenoxy) is 1. The molecule has 5 nitrogen and oxygen atoms in total. The summed E-state index contributed by atoms with van der Waals surface area (Å²) in [6, 6.07) is 4.64. The number of hydrogen-bond acceptors (Lipinski definition) is 5. The Labute approximate surface area is 111 Å². The van der Waals surface area contributed by atoms with E-state index in [2.05, 4.69) is 10.2 Å². The van der Waals surface area contributed by atoms with Gasteiger partial charge in [-0.15, -0.1) is 0 Å². The van der Waals surface area contributed by atoms with Crippen molar-refractivity contribution in [3.05, 3.63) is 18.2 Å². The Hall–Kier alpha value is -0.980. The average molecular weight is 291 g/mol. The summed E-state index contributed by atoms with van der Waals surface area (Å²) in [6.45, 7) is 3.34. The van der Waals surface area contributed by atoms with Crippen LogP contribution in [-0.4, -0.2) is 41.7 Å². The number of nitrogens with one attached hydrogen (secondary N) is 1. The van der Waals surface area contributed by atoms with Gasteiger partial charge in [-0.3, -0.25) is 0 Å². The lowest BCUT2D eigenvalue weighted by Crippen LogP contribution is -2.43. The van der Waals surface area contributed by atoms with Crippen LogP contribution in [0, 0.1) is 0 Å². The zero-order valence-corrected chi connectivity index (χ0v) is 11.6. The van der Waals surface area contributed by atoms with E-state index in [9.17, 15) is 8.42 Å². The van der Waals surface area contributed by atoms with Gasteiger partial charge < -0.3 is 15.0 Å². The van der Waals surface area contributed by atoms with Gasteiger partial charge in [0.25, 0.3) is 9.05 Å². The van der Waals surface area contributed by atoms with E-state index in [1.165, 1.54) is 6.07 Å². The third-order valence-corrected chi connectivity index (χ3v) is 4.24. The van der Waals surface area contributed by atoms with Crippen molar-refractivity contribution < 1.29 is 13.2 Å². The molecule has 0 bridgehead atoms. The summed E-state index contributed by atoms with van der Waals surface area (Å²) < 4.78 is 28.0. The standard InChI is InChI=1S/C11H15ClN2O3S/c1-17-11-3-2-9(18(12,15)16)8-10(11)14-6-4-13-5-7-14/h2-3,8,13H,4-7H2,1H3. The Kier molecular flexibility index (Phi) is 3.99. The second kappa shape index (κ2) is 5.34. The van der Waals surface area contributed by atoms with Crippen molar-refractivity contribution in [3.8, 4) is 5.75 Å². The van der Waals surface area contributed by atoms with Gasteiger partial charge in [-0.05, 0) is 18.2 Å². The number of anilines is 1. The zero-order valence-electron chi connectivity index (χ0n) is 10.0. The molecule has 1 aromatic rings. The van der Waals surface area contributed by atoms with Crippen LogP contribution in [0.4, 0.5) is 5.69 Å². The molecule has 0 radical (unpaired) electrons. The largest absolute Gasteiger partial charge is 0.495 e. The van der Waals surface area contributed by atoms with Gasteiger partial charge in [0.2, 0.25) is 0 Å². The first-order valence-electron chi connectivity index (χ1n) is 5.61. The summed E-state index contributed by atoms with van der Waals surface area (Å²) in [7, 11) is 3.22. The molecule has 18 heavy (non-hydrogen) atoms. The number of halogens is 1. The van der Waals surface area contributed by atoms with Crippen LogP contribution in [0.2, 0.25) is 0 Å². The highest BCUT2D eigenvalue weighted by Gasteiger charge is 2.18. The molecule has 0 saturated carbocycles. The van der Waals surface area contributed by atoms with Gasteiger partial charge in [-0.2, -0.15) is 0 Å². The summed E-state index contributed by atoms with van der Waals surface area (Å²) in [5.41, 5.74) is 0.765. The maximum Gasteiger partial charge on any atom is 0.261 e. The highest BCUT2D eigenvalue weighted by Crippen LogP contribution is 2.32. The molecule has 0 atom stereocenters. The lowest BCUT2D eigenvalue weighted by molar-refractivity contribution is 0.412. The Bertz CT molecular complexity index is 527. The third-order valence-electron chi connectivity index (χ3n) is 2.89. The predicted octanol–water partition coefficient (Wildman–Crippen LogP) is 1.03. The van der Waals surface area contributed by atoms with Crippen LogP contribution >= 0.6 is 10.7 Å². The minimum Gasteiger partial charge on any atom is -0.495 e. The summed E-state index contributed by atoms with van der Waals surface area (Å²) >= 11 is 0. The molecule has 0 unspecified atom stereocenters. The fourth-order valence-electron chi connectivity index (χ4n) is 1.97. The minimum absolute atomic E-state index is 0.0958. The summed E-state index contributed by atoms with van der Waals surface area (Å²) in [6.07, 6.45) is 0. The topological polar surface area (TPSA) is 58.6 Å². The lowest BCUT2D eigenvalue weighted by Gasteiger charge is -2.30. The fraction of sp³-hybridized carbons (Fsp3) is 0.455. The summed E-state index contributed by atoms with van der Waals surface area (Å²) in [4.78, 5) is 2.18. The van der Waals surface area contributed by atoms with Crippen LogP contribution in [0.15, 0.2) is 23.1 Å². The number of rotatable bonds is 3. The molecule has 1 N–H and O–H groups in total. The Balaban J connectivity index is 2.42.